The number of benzene rings is 3. The third-order valence-electron chi connectivity index (χ3n) is 7.21. The molecule has 0 heterocycles. The molecule has 1 aliphatic carbocycles. The summed E-state index contributed by atoms with van der Waals surface area (Å²) in [7, 11) is 4.77. The van der Waals surface area contributed by atoms with E-state index < -0.39 is 11.4 Å². The summed E-state index contributed by atoms with van der Waals surface area (Å²) in [5.74, 6) is 2.61. The number of carbonyl (C=O) groups excluding carboxylic acids is 2. The SMILES string of the molecule is CCCCSC1CCCc2c1c(OC(C)=O)c1c(OC)c3c(OC)cccc3c(OC)c1c2OC(=O)C(C)(C)C. The van der Waals surface area contributed by atoms with Crippen LogP contribution in [0.25, 0.3) is 21.5 Å². The molecule has 0 radical (unpaired) electrons. The summed E-state index contributed by atoms with van der Waals surface area (Å²) < 4.78 is 30.3. The van der Waals surface area contributed by atoms with Crippen molar-refractivity contribution in [2.24, 2.45) is 5.41 Å². The van der Waals surface area contributed by atoms with Gasteiger partial charge in [0.05, 0.1) is 42.9 Å². The van der Waals surface area contributed by atoms with Gasteiger partial charge in [0, 0.05) is 28.7 Å². The maximum absolute atomic E-state index is 13.4. The van der Waals surface area contributed by atoms with Gasteiger partial charge in [0.2, 0.25) is 0 Å². The Hall–Kier alpha value is -3.13. The number of fused-ring (bicyclic) bond motifs is 3. The fourth-order valence-corrected chi connectivity index (χ4v) is 6.84. The Morgan fingerprint density at radius 2 is 1.62 bits per heavy atom. The normalized spacial score (nSPS) is 15.1. The van der Waals surface area contributed by atoms with Crippen molar-refractivity contribution >= 4 is 45.2 Å². The highest BCUT2D eigenvalue weighted by Crippen LogP contribution is 2.58. The minimum absolute atomic E-state index is 0.0604. The fourth-order valence-electron chi connectivity index (χ4n) is 5.35. The van der Waals surface area contributed by atoms with Crippen molar-refractivity contribution in [1.82, 2.24) is 0 Å². The van der Waals surface area contributed by atoms with Gasteiger partial charge in [-0.05, 0) is 58.3 Å². The molecule has 3 aromatic carbocycles. The van der Waals surface area contributed by atoms with Crippen LogP contribution in [0.4, 0.5) is 0 Å². The molecule has 0 spiro atoms. The molecular formula is C32H40O7S. The minimum Gasteiger partial charge on any atom is -0.496 e. The summed E-state index contributed by atoms with van der Waals surface area (Å²) in [5, 5.41) is 2.56. The van der Waals surface area contributed by atoms with Gasteiger partial charge in [-0.1, -0.05) is 25.5 Å². The standard InChI is InChI=1S/C32H40O7S/c1-9-10-17-40-22-16-12-14-20-24(22)30(38-18(2)33)26-25(28(20)39-31(34)32(3,4)5)27(36-7)19-13-11-15-21(35-6)23(19)29(26)37-8/h11,13,15,22H,9-10,12,14,16-17H2,1-8H3. The van der Waals surface area contributed by atoms with E-state index in [1.807, 2.05) is 50.7 Å². The zero-order valence-corrected chi connectivity index (χ0v) is 25.6. The molecule has 0 N–H and O–H groups in total. The van der Waals surface area contributed by atoms with Crippen LogP contribution in [0.15, 0.2) is 18.2 Å². The first-order valence-electron chi connectivity index (χ1n) is 13.8. The summed E-state index contributed by atoms with van der Waals surface area (Å²) in [5.41, 5.74) is 1.03. The van der Waals surface area contributed by atoms with Crippen LogP contribution in [-0.2, 0) is 16.0 Å². The van der Waals surface area contributed by atoms with Crippen LogP contribution in [0.3, 0.4) is 0 Å². The number of thioether (sulfide) groups is 1. The van der Waals surface area contributed by atoms with E-state index in [4.69, 9.17) is 23.7 Å². The molecule has 0 bridgehead atoms. The van der Waals surface area contributed by atoms with Gasteiger partial charge in [-0.2, -0.15) is 11.8 Å². The maximum Gasteiger partial charge on any atom is 0.316 e. The van der Waals surface area contributed by atoms with E-state index in [2.05, 4.69) is 6.92 Å². The molecule has 3 aromatic rings. The lowest BCUT2D eigenvalue weighted by Crippen LogP contribution is -2.27. The predicted molar refractivity (Wildman–Crippen MR) is 161 cm³/mol. The van der Waals surface area contributed by atoms with Gasteiger partial charge in [0.25, 0.3) is 0 Å². The first-order valence-corrected chi connectivity index (χ1v) is 14.9. The Labute approximate surface area is 240 Å². The van der Waals surface area contributed by atoms with Crippen LogP contribution in [0.1, 0.15) is 76.7 Å². The lowest BCUT2D eigenvalue weighted by atomic mass is 9.85. The summed E-state index contributed by atoms with van der Waals surface area (Å²) in [6.45, 7) is 9.07. The highest BCUT2D eigenvalue weighted by molar-refractivity contribution is 7.99. The molecule has 8 heteroatoms. The van der Waals surface area contributed by atoms with Crippen LogP contribution in [0.2, 0.25) is 0 Å². The zero-order valence-electron chi connectivity index (χ0n) is 24.8. The second-order valence-electron chi connectivity index (χ2n) is 11.1. The third kappa shape index (κ3) is 5.42. The van der Waals surface area contributed by atoms with Gasteiger partial charge in [-0.3, -0.25) is 9.59 Å². The molecule has 0 aromatic heterocycles. The minimum atomic E-state index is -0.741. The van der Waals surface area contributed by atoms with E-state index in [1.165, 1.54) is 6.92 Å². The van der Waals surface area contributed by atoms with Crippen molar-refractivity contribution in [3.63, 3.8) is 0 Å². The quantitative estimate of drug-likeness (QED) is 0.112. The van der Waals surface area contributed by atoms with E-state index in [-0.39, 0.29) is 11.2 Å². The van der Waals surface area contributed by atoms with Crippen LogP contribution in [0.5, 0.6) is 28.7 Å². The molecule has 0 saturated heterocycles. The molecule has 216 valence electrons. The number of hydrogen-bond acceptors (Lipinski definition) is 8. The second kappa shape index (κ2) is 12.2. The summed E-state index contributed by atoms with van der Waals surface area (Å²) >= 11 is 1.85. The number of unbranched alkanes of at least 4 members (excludes halogenated alkanes) is 1. The lowest BCUT2D eigenvalue weighted by Gasteiger charge is -2.32. The fraction of sp³-hybridized carbons (Fsp3) is 0.500. The monoisotopic (exact) mass is 568 g/mol. The third-order valence-corrected chi connectivity index (χ3v) is 8.61. The molecule has 0 fully saturated rings. The van der Waals surface area contributed by atoms with Crippen molar-refractivity contribution in [2.75, 3.05) is 27.1 Å². The lowest BCUT2D eigenvalue weighted by molar-refractivity contribution is -0.143. The molecule has 40 heavy (non-hydrogen) atoms. The van der Waals surface area contributed by atoms with Crippen molar-refractivity contribution in [3.05, 3.63) is 29.3 Å². The van der Waals surface area contributed by atoms with Crippen LogP contribution < -0.4 is 23.7 Å². The van der Waals surface area contributed by atoms with Gasteiger partial charge in [0.1, 0.15) is 28.7 Å². The van der Waals surface area contributed by atoms with Crippen LogP contribution in [-0.4, -0.2) is 39.0 Å². The smallest absolute Gasteiger partial charge is 0.316 e. The highest BCUT2D eigenvalue weighted by Gasteiger charge is 2.37. The van der Waals surface area contributed by atoms with Crippen LogP contribution in [0, 0.1) is 5.41 Å². The number of rotatable bonds is 9. The van der Waals surface area contributed by atoms with E-state index in [0.717, 1.165) is 47.9 Å². The van der Waals surface area contributed by atoms with Crippen LogP contribution >= 0.6 is 11.8 Å². The molecule has 0 aliphatic heterocycles. The second-order valence-corrected chi connectivity index (χ2v) is 12.4. The van der Waals surface area contributed by atoms with Gasteiger partial charge >= 0.3 is 11.9 Å². The Morgan fingerprint density at radius 3 is 2.23 bits per heavy atom. The molecular weight excluding hydrogens is 528 g/mol. The van der Waals surface area contributed by atoms with Crippen molar-refractivity contribution in [3.8, 4) is 28.7 Å². The Kier molecular flexibility index (Phi) is 9.08. The Balaban J connectivity index is 2.26. The van der Waals surface area contributed by atoms with Gasteiger partial charge < -0.3 is 23.7 Å². The van der Waals surface area contributed by atoms with Gasteiger partial charge in [-0.15, -0.1) is 0 Å². The molecule has 7 nitrogen and oxygen atoms in total. The van der Waals surface area contributed by atoms with E-state index in [0.29, 0.717) is 51.3 Å². The number of esters is 2. The molecule has 1 atom stereocenters. The topological polar surface area (TPSA) is 80.3 Å². The van der Waals surface area contributed by atoms with Crippen molar-refractivity contribution in [2.45, 2.75) is 72.0 Å². The Morgan fingerprint density at radius 1 is 0.925 bits per heavy atom. The van der Waals surface area contributed by atoms with E-state index in [9.17, 15) is 9.59 Å². The summed E-state index contributed by atoms with van der Waals surface area (Å²) in [6, 6.07) is 5.65. The van der Waals surface area contributed by atoms with Crippen molar-refractivity contribution < 1.29 is 33.3 Å². The molecule has 1 aliphatic rings. The average molecular weight is 569 g/mol. The largest absolute Gasteiger partial charge is 0.496 e. The molecule has 0 amide bonds. The molecule has 1 unspecified atom stereocenters. The number of hydrogen-bond donors (Lipinski definition) is 0. The molecule has 4 rings (SSSR count). The van der Waals surface area contributed by atoms with Gasteiger partial charge in [0.15, 0.2) is 0 Å². The number of methoxy groups -OCH3 is 3. The average Bonchev–Trinajstić information content (AvgIpc) is 2.92. The maximum atomic E-state index is 13.4. The highest BCUT2D eigenvalue weighted by atomic mass is 32.2. The van der Waals surface area contributed by atoms with E-state index in [1.54, 1.807) is 21.3 Å². The zero-order chi connectivity index (χ0) is 29.2. The Bertz CT molecular complexity index is 1440. The predicted octanol–water partition coefficient (Wildman–Crippen LogP) is 7.81. The molecule has 0 saturated carbocycles. The number of carbonyl (C=O) groups is 2. The first kappa shape index (κ1) is 29.8. The number of ether oxygens (including phenoxy) is 5. The summed E-state index contributed by atoms with van der Waals surface area (Å²) in [4.78, 5) is 26.1. The summed E-state index contributed by atoms with van der Waals surface area (Å²) in [6.07, 6.45) is 4.69. The first-order chi connectivity index (χ1) is 19.1. The van der Waals surface area contributed by atoms with Gasteiger partial charge in [-0.25, -0.2) is 0 Å². The van der Waals surface area contributed by atoms with E-state index >= 15 is 0 Å². The van der Waals surface area contributed by atoms with Crippen molar-refractivity contribution in [1.29, 1.82) is 0 Å².